The van der Waals surface area contributed by atoms with E-state index >= 15 is 0 Å². The second kappa shape index (κ2) is 3.45. The molecule has 1 aromatic rings. The van der Waals surface area contributed by atoms with Crippen LogP contribution in [-0.4, -0.2) is 6.09 Å². The molecule has 0 heterocycles. The Morgan fingerprint density at radius 1 is 1.58 bits per heavy atom. The first-order chi connectivity index (χ1) is 5.59. The Morgan fingerprint density at radius 3 is 2.75 bits per heavy atom. The Balaban J connectivity index is 2.93. The summed E-state index contributed by atoms with van der Waals surface area (Å²) in [5.41, 5.74) is 1.27. The zero-order valence-corrected chi connectivity index (χ0v) is 7.18. The van der Waals surface area contributed by atoms with Gasteiger partial charge in [-0.05, 0) is 30.7 Å². The SMILES string of the molecule is Cc1cc(Cl)ccc1NC(=O)[O-]. The summed E-state index contributed by atoms with van der Waals surface area (Å²) in [5.74, 6) is 0. The number of carbonyl (C=O) groups is 1. The molecule has 0 saturated heterocycles. The van der Waals surface area contributed by atoms with Crippen LogP contribution in [0.5, 0.6) is 0 Å². The second-order valence-electron chi connectivity index (χ2n) is 2.37. The average molecular weight is 185 g/mol. The lowest BCUT2D eigenvalue weighted by Gasteiger charge is -2.09. The van der Waals surface area contributed by atoms with Gasteiger partial charge in [0.2, 0.25) is 0 Å². The van der Waals surface area contributed by atoms with Gasteiger partial charge in [0.05, 0.1) is 0 Å². The van der Waals surface area contributed by atoms with Crippen LogP contribution in [0, 0.1) is 6.92 Å². The number of hydrogen-bond donors (Lipinski definition) is 1. The number of carboxylic acid groups (broad SMARTS) is 1. The van der Waals surface area contributed by atoms with Gasteiger partial charge in [-0.25, -0.2) is 0 Å². The zero-order valence-electron chi connectivity index (χ0n) is 6.43. The summed E-state index contributed by atoms with van der Waals surface area (Å²) >= 11 is 5.66. The van der Waals surface area contributed by atoms with Gasteiger partial charge in [-0.3, -0.25) is 0 Å². The number of carbonyl (C=O) groups excluding carboxylic acids is 1. The molecule has 0 radical (unpaired) electrons. The Kier molecular flexibility index (Phi) is 2.55. The van der Waals surface area contributed by atoms with Crippen molar-refractivity contribution in [3.63, 3.8) is 0 Å². The fourth-order valence-corrected chi connectivity index (χ4v) is 1.10. The van der Waals surface area contributed by atoms with Gasteiger partial charge >= 0.3 is 0 Å². The molecule has 0 fully saturated rings. The maximum absolute atomic E-state index is 10.2. The van der Waals surface area contributed by atoms with Crippen LogP contribution in [-0.2, 0) is 0 Å². The van der Waals surface area contributed by atoms with E-state index in [1.807, 2.05) is 0 Å². The van der Waals surface area contributed by atoms with Crippen LogP contribution in [0.2, 0.25) is 5.02 Å². The lowest BCUT2D eigenvalue weighted by Crippen LogP contribution is -2.29. The molecule has 0 unspecified atom stereocenters. The number of benzene rings is 1. The van der Waals surface area contributed by atoms with Crippen LogP contribution in [0.1, 0.15) is 5.56 Å². The highest BCUT2D eigenvalue weighted by atomic mass is 35.5. The number of halogens is 1. The van der Waals surface area contributed by atoms with E-state index in [-0.39, 0.29) is 0 Å². The Hall–Kier alpha value is -1.22. The molecule has 0 saturated carbocycles. The molecule has 0 aliphatic heterocycles. The minimum atomic E-state index is -1.32. The minimum Gasteiger partial charge on any atom is -0.530 e. The Morgan fingerprint density at radius 2 is 2.25 bits per heavy atom. The molecular weight excluding hydrogens is 178 g/mol. The van der Waals surface area contributed by atoms with E-state index in [2.05, 4.69) is 5.32 Å². The molecule has 0 bridgehead atoms. The largest absolute Gasteiger partial charge is 0.530 e. The van der Waals surface area contributed by atoms with Crippen molar-refractivity contribution in [2.75, 3.05) is 5.32 Å². The third kappa shape index (κ3) is 2.13. The maximum atomic E-state index is 10.2. The smallest absolute Gasteiger partial charge is 0.138 e. The molecule has 0 aliphatic rings. The third-order valence-corrected chi connectivity index (χ3v) is 1.66. The highest BCUT2D eigenvalue weighted by Crippen LogP contribution is 2.18. The van der Waals surface area contributed by atoms with Gasteiger partial charge in [0, 0.05) is 10.7 Å². The standard InChI is InChI=1S/C8H8ClNO2/c1-5-4-6(9)2-3-7(5)10-8(11)12/h2-4,10H,1H3,(H,11,12)/p-1. The average Bonchev–Trinajstić information content (AvgIpc) is 1.94. The molecule has 1 rings (SSSR count). The van der Waals surface area contributed by atoms with Gasteiger partial charge < -0.3 is 15.2 Å². The van der Waals surface area contributed by atoms with Gasteiger partial charge in [-0.2, -0.15) is 0 Å². The maximum Gasteiger partial charge on any atom is 0.138 e. The minimum absolute atomic E-state index is 0.499. The van der Waals surface area contributed by atoms with E-state index < -0.39 is 6.09 Å². The van der Waals surface area contributed by atoms with Crippen molar-refractivity contribution in [3.8, 4) is 0 Å². The second-order valence-corrected chi connectivity index (χ2v) is 2.81. The zero-order chi connectivity index (χ0) is 9.14. The molecule has 1 aromatic carbocycles. The Bertz CT molecular complexity index is 312. The van der Waals surface area contributed by atoms with Crippen LogP contribution in [0.25, 0.3) is 0 Å². The quantitative estimate of drug-likeness (QED) is 0.718. The number of rotatable bonds is 1. The predicted molar refractivity (Wildman–Crippen MR) is 45.2 cm³/mol. The van der Waals surface area contributed by atoms with Crippen LogP contribution in [0.4, 0.5) is 10.5 Å². The third-order valence-electron chi connectivity index (χ3n) is 1.43. The number of aryl methyl sites for hydroxylation is 1. The summed E-state index contributed by atoms with van der Waals surface area (Å²) in [7, 11) is 0. The Labute approximate surface area is 75.0 Å². The summed E-state index contributed by atoms with van der Waals surface area (Å²) in [6.45, 7) is 1.76. The monoisotopic (exact) mass is 184 g/mol. The lowest BCUT2D eigenvalue weighted by atomic mass is 10.2. The van der Waals surface area contributed by atoms with Crippen LogP contribution in [0.15, 0.2) is 18.2 Å². The van der Waals surface area contributed by atoms with Gasteiger partial charge in [0.25, 0.3) is 0 Å². The number of anilines is 1. The van der Waals surface area contributed by atoms with Crippen LogP contribution < -0.4 is 10.4 Å². The first-order valence-electron chi connectivity index (χ1n) is 3.34. The normalized spacial score (nSPS) is 9.50. The number of nitrogens with one attached hydrogen (secondary N) is 1. The molecule has 0 spiro atoms. The van der Waals surface area contributed by atoms with Crippen LogP contribution >= 0.6 is 11.6 Å². The van der Waals surface area contributed by atoms with Gasteiger partial charge in [-0.1, -0.05) is 11.6 Å². The van der Waals surface area contributed by atoms with Crippen molar-refractivity contribution < 1.29 is 9.90 Å². The summed E-state index contributed by atoms with van der Waals surface area (Å²) in [5, 5.41) is 12.9. The van der Waals surface area contributed by atoms with E-state index in [0.717, 1.165) is 5.56 Å². The molecule has 0 atom stereocenters. The van der Waals surface area contributed by atoms with Crippen molar-refractivity contribution in [3.05, 3.63) is 28.8 Å². The fourth-order valence-electron chi connectivity index (χ4n) is 0.877. The molecule has 0 aliphatic carbocycles. The molecule has 12 heavy (non-hydrogen) atoms. The van der Waals surface area contributed by atoms with Crippen molar-refractivity contribution in [2.24, 2.45) is 0 Å². The molecule has 64 valence electrons. The van der Waals surface area contributed by atoms with Crippen molar-refractivity contribution in [2.45, 2.75) is 6.92 Å². The van der Waals surface area contributed by atoms with Crippen molar-refractivity contribution in [1.82, 2.24) is 0 Å². The summed E-state index contributed by atoms with van der Waals surface area (Å²) < 4.78 is 0. The first kappa shape index (κ1) is 8.87. The first-order valence-corrected chi connectivity index (χ1v) is 3.71. The summed E-state index contributed by atoms with van der Waals surface area (Å²) in [6.07, 6.45) is -1.32. The fraction of sp³-hybridized carbons (Fsp3) is 0.125. The molecule has 4 heteroatoms. The topological polar surface area (TPSA) is 52.2 Å². The van der Waals surface area contributed by atoms with Gasteiger partial charge in [0.15, 0.2) is 0 Å². The van der Waals surface area contributed by atoms with E-state index in [1.165, 1.54) is 0 Å². The van der Waals surface area contributed by atoms with Gasteiger partial charge in [0.1, 0.15) is 6.09 Å². The molecule has 3 nitrogen and oxygen atoms in total. The number of hydrogen-bond acceptors (Lipinski definition) is 2. The molecule has 1 amide bonds. The predicted octanol–water partition coefficient (Wildman–Crippen LogP) is 1.40. The highest BCUT2D eigenvalue weighted by molar-refractivity contribution is 6.30. The molecule has 0 aromatic heterocycles. The summed E-state index contributed by atoms with van der Waals surface area (Å²) in [4.78, 5) is 10.2. The van der Waals surface area contributed by atoms with Crippen molar-refractivity contribution in [1.29, 1.82) is 0 Å². The van der Waals surface area contributed by atoms with E-state index in [9.17, 15) is 9.90 Å². The molecular formula is C8H7ClNO2-. The molecule has 1 N–H and O–H groups in total. The summed E-state index contributed by atoms with van der Waals surface area (Å²) in [6, 6.07) is 4.88. The van der Waals surface area contributed by atoms with E-state index in [1.54, 1.807) is 25.1 Å². The van der Waals surface area contributed by atoms with E-state index in [0.29, 0.717) is 10.7 Å². The van der Waals surface area contributed by atoms with Crippen LogP contribution in [0.3, 0.4) is 0 Å². The van der Waals surface area contributed by atoms with Crippen molar-refractivity contribution >= 4 is 23.4 Å². The lowest BCUT2D eigenvalue weighted by molar-refractivity contribution is -0.242. The number of amides is 1. The van der Waals surface area contributed by atoms with E-state index in [4.69, 9.17) is 11.6 Å². The van der Waals surface area contributed by atoms with Gasteiger partial charge in [-0.15, -0.1) is 0 Å². The highest BCUT2D eigenvalue weighted by Gasteiger charge is 1.97.